The zero-order chi connectivity index (χ0) is 13.8. The molecule has 0 radical (unpaired) electrons. The number of alkyl halides is 1. The molecular formula is C14H20BrNO2. The van der Waals surface area contributed by atoms with E-state index in [4.69, 9.17) is 0 Å². The summed E-state index contributed by atoms with van der Waals surface area (Å²) in [7, 11) is 0. The van der Waals surface area contributed by atoms with Gasteiger partial charge in [-0.15, -0.1) is 0 Å². The fraction of sp³-hybridized carbons (Fsp3) is 0.571. The highest BCUT2D eigenvalue weighted by molar-refractivity contribution is 9.09. The minimum Gasteiger partial charge on any atom is -0.258 e. The Morgan fingerprint density at radius 1 is 1.28 bits per heavy atom. The van der Waals surface area contributed by atoms with Crippen molar-refractivity contribution >= 4 is 21.6 Å². The van der Waals surface area contributed by atoms with Gasteiger partial charge >= 0.3 is 0 Å². The van der Waals surface area contributed by atoms with E-state index in [-0.39, 0.29) is 16.0 Å². The van der Waals surface area contributed by atoms with Crippen LogP contribution in [0.2, 0.25) is 0 Å². The van der Waals surface area contributed by atoms with Gasteiger partial charge in [0, 0.05) is 17.0 Å². The molecule has 1 atom stereocenters. The lowest BCUT2D eigenvalue weighted by Gasteiger charge is -2.25. The highest BCUT2D eigenvalue weighted by atomic mass is 79.9. The molecule has 100 valence electrons. The Morgan fingerprint density at radius 3 is 2.28 bits per heavy atom. The van der Waals surface area contributed by atoms with Crippen LogP contribution in [0.1, 0.15) is 39.2 Å². The lowest BCUT2D eigenvalue weighted by molar-refractivity contribution is -0.384. The average molecular weight is 314 g/mol. The zero-order valence-corrected chi connectivity index (χ0v) is 12.7. The summed E-state index contributed by atoms with van der Waals surface area (Å²) in [6, 6.07) is 6.84. The number of halogens is 1. The summed E-state index contributed by atoms with van der Waals surface area (Å²) in [5.74, 6) is 0. The van der Waals surface area contributed by atoms with E-state index in [0.717, 1.165) is 24.8 Å². The highest BCUT2D eigenvalue weighted by Gasteiger charge is 2.20. The first-order valence-corrected chi connectivity index (χ1v) is 7.09. The summed E-state index contributed by atoms with van der Waals surface area (Å²) < 4.78 is 0. The molecule has 1 unspecified atom stereocenters. The first kappa shape index (κ1) is 15.2. The van der Waals surface area contributed by atoms with Crippen LogP contribution in [0, 0.1) is 15.5 Å². The van der Waals surface area contributed by atoms with Crippen molar-refractivity contribution in [1.82, 2.24) is 0 Å². The second-order valence-corrected chi connectivity index (χ2v) is 6.75. The maximum Gasteiger partial charge on any atom is 0.269 e. The van der Waals surface area contributed by atoms with Gasteiger partial charge < -0.3 is 0 Å². The third kappa shape index (κ3) is 4.77. The van der Waals surface area contributed by atoms with Crippen molar-refractivity contribution in [3.8, 4) is 0 Å². The number of nitro groups is 1. The van der Waals surface area contributed by atoms with E-state index in [1.165, 1.54) is 0 Å². The van der Waals surface area contributed by atoms with E-state index in [9.17, 15) is 10.1 Å². The van der Waals surface area contributed by atoms with Crippen LogP contribution >= 0.6 is 15.9 Å². The summed E-state index contributed by atoms with van der Waals surface area (Å²) in [6.07, 6.45) is 3.17. The van der Waals surface area contributed by atoms with Crippen LogP contribution in [0.25, 0.3) is 0 Å². The van der Waals surface area contributed by atoms with Crippen molar-refractivity contribution in [3.63, 3.8) is 0 Å². The Labute approximate surface area is 117 Å². The minimum atomic E-state index is -0.363. The SMILES string of the molecule is CC(C)(C)C(Br)CCCc1ccc([N+](=O)[O-])cc1. The number of non-ortho nitro benzene ring substituents is 1. The molecule has 0 saturated carbocycles. The molecule has 0 aliphatic rings. The van der Waals surface area contributed by atoms with Gasteiger partial charge in [-0.3, -0.25) is 10.1 Å². The number of benzene rings is 1. The fourth-order valence-electron chi connectivity index (χ4n) is 1.70. The largest absolute Gasteiger partial charge is 0.269 e. The molecule has 0 heterocycles. The molecule has 3 nitrogen and oxygen atoms in total. The quantitative estimate of drug-likeness (QED) is 0.448. The van der Waals surface area contributed by atoms with Crippen LogP contribution in [0.15, 0.2) is 24.3 Å². The normalized spacial score (nSPS) is 13.3. The monoisotopic (exact) mass is 313 g/mol. The van der Waals surface area contributed by atoms with Crippen molar-refractivity contribution in [2.24, 2.45) is 5.41 Å². The van der Waals surface area contributed by atoms with Gasteiger partial charge in [-0.2, -0.15) is 0 Å². The number of aryl methyl sites for hydroxylation is 1. The predicted molar refractivity (Wildman–Crippen MR) is 78.2 cm³/mol. The molecule has 0 aliphatic heterocycles. The van der Waals surface area contributed by atoms with E-state index in [0.29, 0.717) is 4.83 Å². The standard InChI is InChI=1S/C14H20BrNO2/c1-14(2,3)13(15)6-4-5-11-7-9-12(10-8-11)16(17)18/h7-10,13H,4-6H2,1-3H3. The molecular weight excluding hydrogens is 294 g/mol. The molecule has 18 heavy (non-hydrogen) atoms. The lowest BCUT2D eigenvalue weighted by Crippen LogP contribution is -2.20. The number of rotatable bonds is 5. The Morgan fingerprint density at radius 2 is 1.83 bits per heavy atom. The maximum atomic E-state index is 10.5. The lowest BCUT2D eigenvalue weighted by atomic mass is 9.89. The third-order valence-electron chi connectivity index (χ3n) is 3.01. The summed E-state index contributed by atoms with van der Waals surface area (Å²) in [5, 5.41) is 10.5. The van der Waals surface area contributed by atoms with Crippen LogP contribution in [-0.4, -0.2) is 9.75 Å². The minimum absolute atomic E-state index is 0.159. The Kier molecular flexibility index (Phi) is 5.32. The zero-order valence-electron chi connectivity index (χ0n) is 11.1. The molecule has 0 aromatic heterocycles. The van der Waals surface area contributed by atoms with Crippen LogP contribution < -0.4 is 0 Å². The van der Waals surface area contributed by atoms with E-state index >= 15 is 0 Å². The summed E-state index contributed by atoms with van der Waals surface area (Å²) in [6.45, 7) is 6.66. The summed E-state index contributed by atoms with van der Waals surface area (Å²) in [5.41, 5.74) is 1.59. The van der Waals surface area contributed by atoms with Gasteiger partial charge in [-0.1, -0.05) is 48.8 Å². The average Bonchev–Trinajstić information content (AvgIpc) is 2.28. The number of hydrogen-bond donors (Lipinski definition) is 0. The number of nitro benzene ring substituents is 1. The van der Waals surface area contributed by atoms with Gasteiger partial charge in [-0.25, -0.2) is 0 Å². The second-order valence-electron chi connectivity index (χ2n) is 5.65. The smallest absolute Gasteiger partial charge is 0.258 e. The van der Waals surface area contributed by atoms with Crippen LogP contribution in [0.4, 0.5) is 5.69 Å². The first-order chi connectivity index (χ1) is 8.30. The Hall–Kier alpha value is -0.900. The molecule has 0 aliphatic carbocycles. The van der Waals surface area contributed by atoms with Crippen molar-refractivity contribution in [1.29, 1.82) is 0 Å². The molecule has 4 heteroatoms. The van der Waals surface area contributed by atoms with Gasteiger partial charge in [0.05, 0.1) is 4.92 Å². The molecule has 0 N–H and O–H groups in total. The Balaban J connectivity index is 2.43. The van der Waals surface area contributed by atoms with E-state index < -0.39 is 0 Å². The molecule has 1 aromatic rings. The molecule has 1 aromatic carbocycles. The fourth-order valence-corrected chi connectivity index (χ4v) is 2.03. The number of nitrogens with zero attached hydrogens (tertiary/aromatic N) is 1. The topological polar surface area (TPSA) is 43.1 Å². The predicted octanol–water partition coefficient (Wildman–Crippen LogP) is 4.73. The molecule has 0 fully saturated rings. The highest BCUT2D eigenvalue weighted by Crippen LogP contribution is 2.30. The third-order valence-corrected chi connectivity index (χ3v) is 4.84. The van der Waals surface area contributed by atoms with Gasteiger partial charge in [-0.05, 0) is 30.2 Å². The van der Waals surface area contributed by atoms with Gasteiger partial charge in [0.2, 0.25) is 0 Å². The maximum absolute atomic E-state index is 10.5. The summed E-state index contributed by atoms with van der Waals surface area (Å²) in [4.78, 5) is 10.7. The van der Waals surface area contributed by atoms with Crippen LogP contribution in [0.5, 0.6) is 0 Å². The van der Waals surface area contributed by atoms with Crippen LogP contribution in [-0.2, 0) is 6.42 Å². The second kappa shape index (κ2) is 6.32. The summed E-state index contributed by atoms with van der Waals surface area (Å²) >= 11 is 3.71. The Bertz CT molecular complexity index is 395. The molecule has 0 saturated heterocycles. The first-order valence-electron chi connectivity index (χ1n) is 6.18. The van der Waals surface area contributed by atoms with Gasteiger partial charge in [0.25, 0.3) is 5.69 Å². The van der Waals surface area contributed by atoms with E-state index in [2.05, 4.69) is 36.7 Å². The molecule has 0 spiro atoms. The van der Waals surface area contributed by atoms with Crippen LogP contribution in [0.3, 0.4) is 0 Å². The van der Waals surface area contributed by atoms with E-state index in [1.807, 2.05) is 12.1 Å². The van der Waals surface area contributed by atoms with Crippen molar-refractivity contribution in [2.45, 2.75) is 44.9 Å². The number of hydrogen-bond acceptors (Lipinski definition) is 2. The molecule has 0 amide bonds. The van der Waals surface area contributed by atoms with Crippen molar-refractivity contribution in [2.75, 3.05) is 0 Å². The van der Waals surface area contributed by atoms with E-state index in [1.54, 1.807) is 12.1 Å². The molecule has 1 rings (SSSR count). The van der Waals surface area contributed by atoms with Crippen molar-refractivity contribution < 1.29 is 4.92 Å². The van der Waals surface area contributed by atoms with Gasteiger partial charge in [0.1, 0.15) is 0 Å². The van der Waals surface area contributed by atoms with Crippen molar-refractivity contribution in [3.05, 3.63) is 39.9 Å². The molecule has 0 bridgehead atoms. The van der Waals surface area contributed by atoms with Gasteiger partial charge in [0.15, 0.2) is 0 Å².